The zero-order valence-corrected chi connectivity index (χ0v) is 19.0. The first-order valence-electron chi connectivity index (χ1n) is 11.0. The van der Waals surface area contributed by atoms with Gasteiger partial charge in [0.15, 0.2) is 0 Å². The van der Waals surface area contributed by atoms with Gasteiger partial charge in [-0.2, -0.15) is 0 Å². The van der Waals surface area contributed by atoms with E-state index in [9.17, 15) is 19.2 Å². The van der Waals surface area contributed by atoms with E-state index in [1.165, 1.54) is 4.90 Å². The Morgan fingerprint density at radius 3 is 2.29 bits per heavy atom. The Kier molecular flexibility index (Phi) is 8.59. The van der Waals surface area contributed by atoms with E-state index in [-0.39, 0.29) is 24.9 Å². The molecule has 5 amide bonds. The average Bonchev–Trinajstić information content (AvgIpc) is 2.94. The number of imide groups is 1. The van der Waals surface area contributed by atoms with E-state index < -0.39 is 17.5 Å². The largest absolute Gasteiger partial charge is 0.332 e. The van der Waals surface area contributed by atoms with Crippen molar-refractivity contribution in [1.29, 1.82) is 0 Å². The molecule has 1 fully saturated rings. The van der Waals surface area contributed by atoms with Gasteiger partial charge in [0.05, 0.1) is 6.54 Å². The van der Waals surface area contributed by atoms with Gasteiger partial charge in [0.25, 0.3) is 5.91 Å². The standard InChI is InChI=1S/C23H34N4O4/c1-5-12-23(13-6-2)21(30)27(22(31)25-23)16-20(29)26(14-7-3)15-19(28)24-18-11-9-8-10-17(18)4/h8-11H,5-7,12-16H2,1-4H3,(H,24,28)(H,25,31). The molecule has 1 aromatic carbocycles. The second-order valence-electron chi connectivity index (χ2n) is 8.08. The topological polar surface area (TPSA) is 98.8 Å². The predicted octanol–water partition coefficient (Wildman–Crippen LogP) is 3.06. The number of hydrogen-bond donors (Lipinski definition) is 2. The minimum atomic E-state index is -0.932. The second kappa shape index (κ2) is 10.9. The van der Waals surface area contributed by atoms with Crippen molar-refractivity contribution in [2.24, 2.45) is 0 Å². The van der Waals surface area contributed by atoms with E-state index >= 15 is 0 Å². The first-order valence-corrected chi connectivity index (χ1v) is 11.0. The molecule has 0 spiro atoms. The molecule has 2 rings (SSSR count). The van der Waals surface area contributed by atoms with Crippen LogP contribution in [0.5, 0.6) is 0 Å². The fraction of sp³-hybridized carbons (Fsp3) is 0.565. The molecular formula is C23H34N4O4. The number of nitrogens with zero attached hydrogens (tertiary/aromatic N) is 2. The van der Waals surface area contributed by atoms with Crippen molar-refractivity contribution in [3.8, 4) is 0 Å². The van der Waals surface area contributed by atoms with Crippen LogP contribution in [0, 0.1) is 6.92 Å². The highest BCUT2D eigenvalue weighted by Crippen LogP contribution is 2.28. The molecule has 1 aliphatic rings. The van der Waals surface area contributed by atoms with Crippen LogP contribution in [0.25, 0.3) is 0 Å². The molecule has 0 radical (unpaired) electrons. The molecule has 0 unspecified atom stereocenters. The SMILES string of the molecule is CCCN(CC(=O)Nc1ccccc1C)C(=O)CN1C(=O)NC(CCC)(CCC)C1=O. The Morgan fingerprint density at radius 1 is 1.06 bits per heavy atom. The van der Waals surface area contributed by atoms with E-state index in [2.05, 4.69) is 10.6 Å². The summed E-state index contributed by atoms with van der Waals surface area (Å²) in [5, 5.41) is 5.63. The maximum Gasteiger partial charge on any atom is 0.325 e. The quantitative estimate of drug-likeness (QED) is 0.527. The lowest BCUT2D eigenvalue weighted by molar-refractivity contribution is -0.140. The Bertz CT molecular complexity index is 818. The van der Waals surface area contributed by atoms with Crippen molar-refractivity contribution >= 4 is 29.4 Å². The molecule has 170 valence electrons. The molecule has 0 aliphatic carbocycles. The fourth-order valence-electron chi connectivity index (χ4n) is 4.01. The predicted molar refractivity (Wildman–Crippen MR) is 119 cm³/mol. The molecule has 0 atom stereocenters. The lowest BCUT2D eigenvalue weighted by Crippen LogP contribution is -2.48. The number of carbonyl (C=O) groups is 4. The molecular weight excluding hydrogens is 396 g/mol. The number of benzene rings is 1. The van der Waals surface area contributed by atoms with Crippen molar-refractivity contribution in [3.05, 3.63) is 29.8 Å². The van der Waals surface area contributed by atoms with Crippen LogP contribution in [0.3, 0.4) is 0 Å². The summed E-state index contributed by atoms with van der Waals surface area (Å²) in [6.07, 6.45) is 3.21. The van der Waals surface area contributed by atoms with Gasteiger partial charge in [-0.15, -0.1) is 0 Å². The third-order valence-corrected chi connectivity index (χ3v) is 5.49. The zero-order valence-electron chi connectivity index (χ0n) is 19.0. The summed E-state index contributed by atoms with van der Waals surface area (Å²) in [4.78, 5) is 53.4. The molecule has 0 aromatic heterocycles. The van der Waals surface area contributed by atoms with Crippen LogP contribution < -0.4 is 10.6 Å². The van der Waals surface area contributed by atoms with Crippen LogP contribution in [0.2, 0.25) is 0 Å². The number of nitrogens with one attached hydrogen (secondary N) is 2. The van der Waals surface area contributed by atoms with Crippen LogP contribution in [0.1, 0.15) is 58.4 Å². The Morgan fingerprint density at radius 2 is 1.71 bits per heavy atom. The van der Waals surface area contributed by atoms with Crippen LogP contribution in [0.15, 0.2) is 24.3 Å². The van der Waals surface area contributed by atoms with Gasteiger partial charge in [-0.1, -0.05) is 51.8 Å². The van der Waals surface area contributed by atoms with Crippen molar-refractivity contribution < 1.29 is 19.2 Å². The maximum absolute atomic E-state index is 13.0. The minimum Gasteiger partial charge on any atom is -0.332 e. The molecule has 31 heavy (non-hydrogen) atoms. The lowest BCUT2D eigenvalue weighted by Gasteiger charge is -2.26. The zero-order chi connectivity index (χ0) is 23.0. The first-order chi connectivity index (χ1) is 14.8. The van der Waals surface area contributed by atoms with Crippen LogP contribution in [-0.2, 0) is 14.4 Å². The summed E-state index contributed by atoms with van der Waals surface area (Å²) in [5.74, 6) is -1.09. The number of amides is 5. The van der Waals surface area contributed by atoms with Crippen molar-refractivity contribution in [2.75, 3.05) is 25.0 Å². The van der Waals surface area contributed by atoms with Gasteiger partial charge in [0.1, 0.15) is 12.1 Å². The first kappa shape index (κ1) is 24.4. The number of rotatable bonds is 11. The number of aryl methyl sites for hydroxylation is 1. The third-order valence-electron chi connectivity index (χ3n) is 5.49. The van der Waals surface area contributed by atoms with Gasteiger partial charge in [-0.3, -0.25) is 19.3 Å². The lowest BCUT2D eigenvalue weighted by atomic mass is 9.88. The van der Waals surface area contributed by atoms with Crippen LogP contribution in [0.4, 0.5) is 10.5 Å². The monoisotopic (exact) mass is 430 g/mol. The number of hydrogen-bond acceptors (Lipinski definition) is 4. The average molecular weight is 431 g/mol. The van der Waals surface area contributed by atoms with Gasteiger partial charge in [-0.05, 0) is 37.8 Å². The van der Waals surface area contributed by atoms with E-state index in [0.717, 1.165) is 23.3 Å². The summed E-state index contributed by atoms with van der Waals surface area (Å²) in [5.41, 5.74) is 0.680. The molecule has 8 nitrogen and oxygen atoms in total. The van der Waals surface area contributed by atoms with E-state index in [1.54, 1.807) is 6.07 Å². The van der Waals surface area contributed by atoms with Crippen LogP contribution in [-0.4, -0.2) is 58.7 Å². The Balaban J connectivity index is 2.07. The summed E-state index contributed by atoms with van der Waals surface area (Å²) >= 11 is 0. The summed E-state index contributed by atoms with van der Waals surface area (Å²) in [7, 11) is 0. The number of carbonyl (C=O) groups excluding carboxylic acids is 4. The molecule has 0 bridgehead atoms. The molecule has 8 heteroatoms. The van der Waals surface area contributed by atoms with Crippen molar-refractivity contribution in [1.82, 2.24) is 15.1 Å². The molecule has 0 saturated carbocycles. The number of urea groups is 1. The highest BCUT2D eigenvalue weighted by molar-refractivity contribution is 6.09. The number of anilines is 1. The molecule has 1 saturated heterocycles. The Labute approximate surface area is 184 Å². The molecule has 1 heterocycles. The van der Waals surface area contributed by atoms with Crippen molar-refractivity contribution in [2.45, 2.75) is 65.3 Å². The molecule has 2 N–H and O–H groups in total. The van der Waals surface area contributed by atoms with Gasteiger partial charge in [-0.25, -0.2) is 4.79 Å². The van der Waals surface area contributed by atoms with Gasteiger partial charge in [0, 0.05) is 12.2 Å². The van der Waals surface area contributed by atoms with Gasteiger partial charge in [0.2, 0.25) is 11.8 Å². The highest BCUT2D eigenvalue weighted by Gasteiger charge is 2.50. The molecule has 1 aliphatic heterocycles. The normalized spacial score (nSPS) is 15.0. The van der Waals surface area contributed by atoms with E-state index in [0.29, 0.717) is 31.5 Å². The summed E-state index contributed by atoms with van der Waals surface area (Å²) in [6.45, 7) is 7.57. The fourth-order valence-corrected chi connectivity index (χ4v) is 4.01. The third kappa shape index (κ3) is 5.83. The highest BCUT2D eigenvalue weighted by atomic mass is 16.2. The van der Waals surface area contributed by atoms with E-state index in [1.807, 2.05) is 45.9 Å². The van der Waals surface area contributed by atoms with E-state index in [4.69, 9.17) is 0 Å². The van der Waals surface area contributed by atoms with Crippen molar-refractivity contribution in [3.63, 3.8) is 0 Å². The minimum absolute atomic E-state index is 0.139. The smallest absolute Gasteiger partial charge is 0.325 e. The maximum atomic E-state index is 13.0. The summed E-state index contributed by atoms with van der Waals surface area (Å²) in [6, 6.07) is 6.86. The molecule has 1 aromatic rings. The Hall–Kier alpha value is -2.90. The number of para-hydroxylation sites is 1. The van der Waals surface area contributed by atoms with Gasteiger partial charge < -0.3 is 15.5 Å². The summed E-state index contributed by atoms with van der Waals surface area (Å²) < 4.78 is 0. The second-order valence-corrected chi connectivity index (χ2v) is 8.08. The van der Waals surface area contributed by atoms with Crippen LogP contribution >= 0.6 is 0 Å². The van der Waals surface area contributed by atoms with Gasteiger partial charge >= 0.3 is 6.03 Å².